The van der Waals surface area contributed by atoms with Crippen LogP contribution in [-0.4, -0.2) is 27.8 Å². The van der Waals surface area contributed by atoms with E-state index in [1.54, 1.807) is 24.3 Å². The Morgan fingerprint density at radius 1 is 1.29 bits per heavy atom. The zero-order valence-electron chi connectivity index (χ0n) is 8.03. The minimum Gasteiger partial charge on any atom is -0.384 e. The average molecular weight is 214 g/mol. The van der Waals surface area contributed by atoms with E-state index in [0.29, 0.717) is 18.0 Å². The van der Waals surface area contributed by atoms with Gasteiger partial charge in [-0.2, -0.15) is 0 Å². The van der Waals surface area contributed by atoms with Gasteiger partial charge in [0, 0.05) is 25.0 Å². The highest BCUT2D eigenvalue weighted by atomic mass is 32.2. The predicted molar refractivity (Wildman–Crippen MR) is 57.1 cm³/mol. The van der Waals surface area contributed by atoms with Crippen molar-refractivity contribution in [2.24, 2.45) is 5.73 Å². The Labute approximate surface area is 84.0 Å². The molecule has 0 spiro atoms. The Kier molecular flexibility index (Phi) is 3.49. The second-order valence-electron chi connectivity index (χ2n) is 3.01. The predicted octanol–water partition coefficient (Wildman–Crippen LogP) is 0.461. The van der Waals surface area contributed by atoms with Gasteiger partial charge in [-0.05, 0) is 24.3 Å². The van der Waals surface area contributed by atoms with Crippen molar-refractivity contribution in [3.63, 3.8) is 0 Å². The molecule has 1 rings (SSSR count). The lowest BCUT2D eigenvalue weighted by Crippen LogP contribution is -2.13. The van der Waals surface area contributed by atoms with Gasteiger partial charge >= 0.3 is 0 Å². The summed E-state index contributed by atoms with van der Waals surface area (Å²) in [6.07, 6.45) is 1.19. The molecule has 0 aliphatic carbocycles. The molecular weight excluding hydrogens is 200 g/mol. The molecule has 0 atom stereocenters. The standard InChI is InChI=1S/C9H14N2O2S/c1-14(12,13)9-4-2-8(3-5-9)11-7-6-10/h2-5,11H,6-7,10H2,1H3. The molecule has 0 radical (unpaired) electrons. The summed E-state index contributed by atoms with van der Waals surface area (Å²) in [5, 5.41) is 3.05. The normalized spacial score (nSPS) is 11.3. The number of benzene rings is 1. The summed E-state index contributed by atoms with van der Waals surface area (Å²) in [5.74, 6) is 0. The lowest BCUT2D eigenvalue weighted by Gasteiger charge is -2.04. The van der Waals surface area contributed by atoms with E-state index >= 15 is 0 Å². The van der Waals surface area contributed by atoms with Crippen molar-refractivity contribution in [2.45, 2.75) is 4.90 Å². The summed E-state index contributed by atoms with van der Waals surface area (Å²) >= 11 is 0. The number of rotatable bonds is 4. The van der Waals surface area contributed by atoms with Crippen molar-refractivity contribution < 1.29 is 8.42 Å². The monoisotopic (exact) mass is 214 g/mol. The maximum absolute atomic E-state index is 11.1. The molecule has 78 valence electrons. The maximum Gasteiger partial charge on any atom is 0.175 e. The number of hydrogen-bond acceptors (Lipinski definition) is 4. The largest absolute Gasteiger partial charge is 0.384 e. The van der Waals surface area contributed by atoms with Gasteiger partial charge in [-0.15, -0.1) is 0 Å². The second kappa shape index (κ2) is 4.43. The third-order valence-electron chi connectivity index (χ3n) is 1.76. The maximum atomic E-state index is 11.1. The molecule has 0 aliphatic rings. The Balaban J connectivity index is 2.79. The van der Waals surface area contributed by atoms with Crippen LogP contribution in [0.2, 0.25) is 0 Å². The quantitative estimate of drug-likeness (QED) is 0.763. The van der Waals surface area contributed by atoms with Crippen LogP contribution in [0.15, 0.2) is 29.2 Å². The Bertz CT molecular complexity index is 384. The van der Waals surface area contributed by atoms with Gasteiger partial charge in [-0.3, -0.25) is 0 Å². The van der Waals surface area contributed by atoms with Crippen LogP contribution in [0.3, 0.4) is 0 Å². The molecule has 0 aromatic heterocycles. The fourth-order valence-corrected chi connectivity index (χ4v) is 1.67. The minimum atomic E-state index is -3.09. The first kappa shape index (κ1) is 11.0. The molecule has 0 amide bonds. The van der Waals surface area contributed by atoms with Gasteiger partial charge in [-0.25, -0.2) is 8.42 Å². The van der Waals surface area contributed by atoms with Gasteiger partial charge < -0.3 is 11.1 Å². The number of hydrogen-bond donors (Lipinski definition) is 2. The van der Waals surface area contributed by atoms with Gasteiger partial charge in [0.1, 0.15) is 0 Å². The first-order valence-electron chi connectivity index (χ1n) is 4.28. The smallest absolute Gasteiger partial charge is 0.175 e. The highest BCUT2D eigenvalue weighted by Crippen LogP contribution is 2.13. The van der Waals surface area contributed by atoms with Crippen LogP contribution in [0, 0.1) is 0 Å². The van der Waals surface area contributed by atoms with Gasteiger partial charge in [-0.1, -0.05) is 0 Å². The SMILES string of the molecule is CS(=O)(=O)c1ccc(NCCN)cc1. The summed E-state index contributed by atoms with van der Waals surface area (Å²) in [4.78, 5) is 0.329. The molecule has 0 fully saturated rings. The molecule has 0 saturated carbocycles. The van der Waals surface area contributed by atoms with Crippen LogP contribution in [0.4, 0.5) is 5.69 Å². The molecule has 4 nitrogen and oxygen atoms in total. The lowest BCUT2D eigenvalue weighted by atomic mass is 10.3. The minimum absolute atomic E-state index is 0.329. The molecule has 0 bridgehead atoms. The van der Waals surface area contributed by atoms with Gasteiger partial charge in [0.05, 0.1) is 4.90 Å². The van der Waals surface area contributed by atoms with E-state index in [9.17, 15) is 8.42 Å². The number of nitrogens with two attached hydrogens (primary N) is 1. The van der Waals surface area contributed by atoms with Crippen molar-refractivity contribution >= 4 is 15.5 Å². The summed E-state index contributed by atoms with van der Waals surface area (Å²) in [5.41, 5.74) is 6.19. The van der Waals surface area contributed by atoms with Crippen molar-refractivity contribution in [3.8, 4) is 0 Å². The van der Waals surface area contributed by atoms with E-state index in [2.05, 4.69) is 5.32 Å². The number of sulfone groups is 1. The zero-order valence-corrected chi connectivity index (χ0v) is 8.84. The van der Waals surface area contributed by atoms with E-state index in [1.807, 2.05) is 0 Å². The van der Waals surface area contributed by atoms with Crippen LogP contribution in [0.1, 0.15) is 0 Å². The molecule has 3 N–H and O–H groups in total. The van der Waals surface area contributed by atoms with Gasteiger partial charge in [0.15, 0.2) is 9.84 Å². The Hall–Kier alpha value is -1.07. The van der Waals surface area contributed by atoms with Crippen molar-refractivity contribution in [2.75, 3.05) is 24.7 Å². The topological polar surface area (TPSA) is 72.2 Å². The first-order chi connectivity index (χ1) is 6.54. The second-order valence-corrected chi connectivity index (χ2v) is 5.03. The molecule has 0 aliphatic heterocycles. The highest BCUT2D eigenvalue weighted by molar-refractivity contribution is 7.90. The van der Waals surface area contributed by atoms with Crippen LogP contribution in [0.25, 0.3) is 0 Å². The van der Waals surface area contributed by atoms with Gasteiger partial charge in [0.2, 0.25) is 0 Å². The molecule has 14 heavy (non-hydrogen) atoms. The van der Waals surface area contributed by atoms with Crippen LogP contribution in [0.5, 0.6) is 0 Å². The van der Waals surface area contributed by atoms with E-state index in [4.69, 9.17) is 5.73 Å². The van der Waals surface area contributed by atoms with Crippen LogP contribution in [-0.2, 0) is 9.84 Å². The van der Waals surface area contributed by atoms with Crippen LogP contribution >= 0.6 is 0 Å². The molecule has 1 aromatic rings. The Morgan fingerprint density at radius 2 is 1.86 bits per heavy atom. The van der Waals surface area contributed by atoms with E-state index in [-0.39, 0.29) is 0 Å². The van der Waals surface area contributed by atoms with Crippen molar-refractivity contribution in [1.29, 1.82) is 0 Å². The van der Waals surface area contributed by atoms with Gasteiger partial charge in [0.25, 0.3) is 0 Å². The number of nitrogens with one attached hydrogen (secondary N) is 1. The van der Waals surface area contributed by atoms with Crippen LogP contribution < -0.4 is 11.1 Å². The third kappa shape index (κ3) is 3.01. The highest BCUT2D eigenvalue weighted by Gasteiger charge is 2.05. The summed E-state index contributed by atoms with van der Waals surface area (Å²) in [6, 6.07) is 6.61. The average Bonchev–Trinajstić information content (AvgIpc) is 2.14. The Morgan fingerprint density at radius 3 is 2.29 bits per heavy atom. The third-order valence-corrected chi connectivity index (χ3v) is 2.88. The fourth-order valence-electron chi connectivity index (χ4n) is 1.04. The van der Waals surface area contributed by atoms with E-state index in [1.165, 1.54) is 6.26 Å². The van der Waals surface area contributed by atoms with E-state index in [0.717, 1.165) is 5.69 Å². The molecule has 0 unspecified atom stereocenters. The molecule has 1 aromatic carbocycles. The molecule has 5 heteroatoms. The zero-order chi connectivity index (χ0) is 10.6. The summed E-state index contributed by atoms with van der Waals surface area (Å²) in [7, 11) is -3.09. The molecule has 0 saturated heterocycles. The molecule has 0 heterocycles. The van der Waals surface area contributed by atoms with E-state index < -0.39 is 9.84 Å². The fraction of sp³-hybridized carbons (Fsp3) is 0.333. The number of anilines is 1. The molecular formula is C9H14N2O2S. The van der Waals surface area contributed by atoms with Crippen molar-refractivity contribution in [3.05, 3.63) is 24.3 Å². The lowest BCUT2D eigenvalue weighted by molar-refractivity contribution is 0.602. The van der Waals surface area contributed by atoms with Crippen molar-refractivity contribution in [1.82, 2.24) is 0 Å². The summed E-state index contributed by atoms with van der Waals surface area (Å²) in [6.45, 7) is 1.23. The first-order valence-corrected chi connectivity index (χ1v) is 6.17. The summed E-state index contributed by atoms with van der Waals surface area (Å²) < 4.78 is 22.2.